The van der Waals surface area contributed by atoms with Crippen LogP contribution < -0.4 is 15.0 Å². The average Bonchev–Trinajstić information content (AvgIpc) is 2.87. The van der Waals surface area contributed by atoms with Gasteiger partial charge in [0.1, 0.15) is 5.75 Å². The van der Waals surface area contributed by atoms with E-state index in [-0.39, 0.29) is 6.61 Å². The van der Waals surface area contributed by atoms with Crippen LogP contribution in [0.1, 0.15) is 31.2 Å². The van der Waals surface area contributed by atoms with Crippen LogP contribution in [0.2, 0.25) is 5.02 Å². The molecule has 182 valence electrons. The highest BCUT2D eigenvalue weighted by molar-refractivity contribution is 6.32. The molecule has 2 aromatic carbocycles. The van der Waals surface area contributed by atoms with Gasteiger partial charge < -0.3 is 20.1 Å². The van der Waals surface area contributed by atoms with Gasteiger partial charge in [-0.2, -0.15) is 0 Å². The van der Waals surface area contributed by atoms with Crippen molar-refractivity contribution in [1.82, 2.24) is 10.2 Å². The number of ether oxygens (including phenoxy) is 1. The predicted octanol–water partition coefficient (Wildman–Crippen LogP) is 5.69. The summed E-state index contributed by atoms with van der Waals surface area (Å²) >= 11 is 6.29. The first kappa shape index (κ1) is 23.7. The van der Waals surface area contributed by atoms with Crippen LogP contribution in [0, 0.1) is 24.3 Å². The topological polar surface area (TPSA) is 74.9 Å². The Morgan fingerprint density at radius 1 is 1.14 bits per heavy atom. The Labute approximate surface area is 210 Å². The van der Waals surface area contributed by atoms with Crippen LogP contribution in [0.25, 0.3) is 15.6 Å². The maximum absolute atomic E-state index is 9.57. The van der Waals surface area contributed by atoms with E-state index < -0.39 is 0 Å². The molecule has 7 nitrogen and oxygen atoms in total. The second kappa shape index (κ2) is 10.3. The Morgan fingerprint density at radius 2 is 1.94 bits per heavy atom. The smallest absolute Gasteiger partial charge is 0.188 e. The number of fused-ring (bicyclic) bond motifs is 3. The lowest BCUT2D eigenvalue weighted by Gasteiger charge is -2.48. The zero-order chi connectivity index (χ0) is 24.4. The van der Waals surface area contributed by atoms with Crippen LogP contribution in [0.4, 0.5) is 17.3 Å². The molecule has 0 amide bonds. The maximum atomic E-state index is 9.57. The molecule has 0 radical (unpaired) electrons. The summed E-state index contributed by atoms with van der Waals surface area (Å²) in [6.45, 7) is 10.2. The molecule has 2 N–H and O–H groups in total. The van der Waals surface area contributed by atoms with Gasteiger partial charge >= 0.3 is 0 Å². The normalized spacial score (nSPS) is 21.5. The SMILES string of the molecule is [C-]#[N+]c1ccc2c(N3CC4CCCC(C3)C4CCO)nnc(NCc3ccc(OC)c(Cl)c3)c2c1. The van der Waals surface area contributed by atoms with Crippen molar-refractivity contribution in [2.45, 2.75) is 32.2 Å². The Kier molecular flexibility index (Phi) is 6.94. The highest BCUT2D eigenvalue weighted by Crippen LogP contribution is 2.43. The second-order valence-corrected chi connectivity index (χ2v) is 9.98. The molecule has 5 rings (SSSR count). The fourth-order valence-corrected chi connectivity index (χ4v) is 6.19. The van der Waals surface area contributed by atoms with Crippen molar-refractivity contribution in [1.29, 1.82) is 0 Å². The van der Waals surface area contributed by atoms with Gasteiger partial charge in [0.2, 0.25) is 0 Å². The fourth-order valence-electron chi connectivity index (χ4n) is 5.91. The van der Waals surface area contributed by atoms with Crippen molar-refractivity contribution in [3.05, 3.63) is 58.4 Å². The number of hydrogen-bond acceptors (Lipinski definition) is 6. The molecule has 2 atom stereocenters. The first-order chi connectivity index (χ1) is 17.1. The Balaban J connectivity index is 1.45. The number of nitrogens with zero attached hydrogens (tertiary/aromatic N) is 4. The number of hydrogen-bond donors (Lipinski definition) is 2. The van der Waals surface area contributed by atoms with E-state index in [1.54, 1.807) is 7.11 Å². The number of halogens is 1. The van der Waals surface area contributed by atoms with Crippen molar-refractivity contribution in [2.75, 3.05) is 37.0 Å². The van der Waals surface area contributed by atoms with Gasteiger partial charge in [-0.3, -0.25) is 0 Å². The number of piperidine rings is 1. The number of anilines is 2. The summed E-state index contributed by atoms with van der Waals surface area (Å²) in [4.78, 5) is 6.01. The van der Waals surface area contributed by atoms with Crippen LogP contribution in [-0.4, -0.2) is 42.1 Å². The van der Waals surface area contributed by atoms with Gasteiger partial charge in [0.05, 0.1) is 18.7 Å². The van der Waals surface area contributed by atoms with Crippen molar-refractivity contribution in [3.8, 4) is 5.75 Å². The summed E-state index contributed by atoms with van der Waals surface area (Å²) in [7, 11) is 1.60. The van der Waals surface area contributed by atoms with Crippen molar-refractivity contribution in [2.24, 2.45) is 17.8 Å². The average molecular weight is 492 g/mol. The number of aromatic nitrogens is 2. The minimum atomic E-state index is 0.263. The van der Waals surface area contributed by atoms with Crippen molar-refractivity contribution >= 4 is 39.7 Å². The molecule has 1 saturated carbocycles. The third kappa shape index (κ3) is 4.73. The minimum absolute atomic E-state index is 0.263. The molecule has 2 unspecified atom stereocenters. The summed E-state index contributed by atoms with van der Waals surface area (Å²) < 4.78 is 5.24. The quantitative estimate of drug-likeness (QED) is 0.413. The highest BCUT2D eigenvalue weighted by atomic mass is 35.5. The third-order valence-corrected chi connectivity index (χ3v) is 7.88. The molecule has 1 aliphatic carbocycles. The molecule has 35 heavy (non-hydrogen) atoms. The fraction of sp³-hybridized carbons (Fsp3) is 0.444. The lowest BCUT2D eigenvalue weighted by Crippen LogP contribution is -2.49. The molecular formula is C27H30ClN5O2. The summed E-state index contributed by atoms with van der Waals surface area (Å²) in [5.74, 6) is 3.91. The molecule has 1 aliphatic heterocycles. The lowest BCUT2D eigenvalue weighted by molar-refractivity contribution is 0.0962. The summed E-state index contributed by atoms with van der Waals surface area (Å²) in [5, 5.41) is 24.7. The zero-order valence-electron chi connectivity index (χ0n) is 19.9. The van der Waals surface area contributed by atoms with E-state index in [0.717, 1.165) is 41.7 Å². The molecule has 2 aliphatic rings. The summed E-state index contributed by atoms with van der Waals surface area (Å²) in [6, 6.07) is 11.4. The third-order valence-electron chi connectivity index (χ3n) is 7.58. The Bertz CT molecular complexity index is 1250. The first-order valence-corrected chi connectivity index (χ1v) is 12.6. The zero-order valence-corrected chi connectivity index (χ0v) is 20.6. The lowest BCUT2D eigenvalue weighted by atomic mass is 9.68. The van der Waals surface area contributed by atoms with Crippen LogP contribution >= 0.6 is 11.6 Å². The van der Waals surface area contributed by atoms with Gasteiger partial charge in [-0.25, -0.2) is 4.85 Å². The van der Waals surface area contributed by atoms with Gasteiger partial charge in [-0.1, -0.05) is 36.2 Å². The van der Waals surface area contributed by atoms with Crippen LogP contribution in [0.3, 0.4) is 0 Å². The summed E-state index contributed by atoms with van der Waals surface area (Å²) in [5.41, 5.74) is 1.57. The van der Waals surface area contributed by atoms with Gasteiger partial charge in [-0.15, -0.1) is 10.2 Å². The molecule has 8 heteroatoms. The minimum Gasteiger partial charge on any atom is -0.495 e. The van der Waals surface area contributed by atoms with Gasteiger partial charge in [0.15, 0.2) is 17.3 Å². The van der Waals surface area contributed by atoms with E-state index in [9.17, 15) is 5.11 Å². The predicted molar refractivity (Wildman–Crippen MR) is 139 cm³/mol. The van der Waals surface area contributed by atoms with Crippen LogP contribution in [0.15, 0.2) is 36.4 Å². The molecular weight excluding hydrogens is 462 g/mol. The monoisotopic (exact) mass is 491 g/mol. The number of methoxy groups -OCH3 is 1. The van der Waals surface area contributed by atoms with Gasteiger partial charge in [-0.05, 0) is 60.8 Å². The summed E-state index contributed by atoms with van der Waals surface area (Å²) in [6.07, 6.45) is 4.57. The van der Waals surface area contributed by atoms with E-state index in [2.05, 4.69) is 25.3 Å². The largest absolute Gasteiger partial charge is 0.495 e. The van der Waals surface area contributed by atoms with E-state index in [4.69, 9.17) is 22.9 Å². The Morgan fingerprint density at radius 3 is 2.63 bits per heavy atom. The van der Waals surface area contributed by atoms with Crippen molar-refractivity contribution in [3.63, 3.8) is 0 Å². The van der Waals surface area contributed by atoms with E-state index in [0.29, 0.717) is 46.6 Å². The second-order valence-electron chi connectivity index (χ2n) is 9.57. The van der Waals surface area contributed by atoms with Gasteiger partial charge in [0, 0.05) is 37.0 Å². The number of nitrogens with one attached hydrogen (secondary N) is 1. The number of aliphatic hydroxyl groups is 1. The Hall–Kier alpha value is -3.08. The molecule has 2 bridgehead atoms. The molecule has 1 saturated heterocycles. The number of rotatable bonds is 7. The van der Waals surface area contributed by atoms with E-state index in [1.165, 1.54) is 19.3 Å². The molecule has 2 fully saturated rings. The molecule has 0 spiro atoms. The first-order valence-electron chi connectivity index (χ1n) is 12.2. The van der Waals surface area contributed by atoms with E-state index in [1.807, 2.05) is 36.4 Å². The number of aliphatic hydroxyl groups excluding tert-OH is 1. The van der Waals surface area contributed by atoms with Crippen molar-refractivity contribution < 1.29 is 9.84 Å². The van der Waals surface area contributed by atoms with Gasteiger partial charge in [0.25, 0.3) is 0 Å². The standard InChI is InChI=1S/C27H30ClN5O2/c1-29-20-7-8-22-23(13-20)26(30-14-17-6-9-25(35-2)24(28)12-17)31-32-27(22)33-15-18-4-3-5-19(16-33)21(18)10-11-34/h6-9,12-13,18-19,21,34H,3-5,10-11,14-16H2,2H3,(H,30,31). The number of benzene rings is 2. The highest BCUT2D eigenvalue weighted by Gasteiger charge is 2.39. The maximum Gasteiger partial charge on any atom is 0.188 e. The van der Waals surface area contributed by atoms with E-state index >= 15 is 0 Å². The molecule has 2 heterocycles. The van der Waals surface area contributed by atoms with Crippen LogP contribution in [-0.2, 0) is 6.54 Å². The molecule has 1 aromatic heterocycles. The van der Waals surface area contributed by atoms with Crippen LogP contribution in [0.5, 0.6) is 5.75 Å². The molecule has 3 aromatic rings.